The van der Waals surface area contributed by atoms with Crippen molar-refractivity contribution in [1.29, 1.82) is 0 Å². The van der Waals surface area contributed by atoms with Crippen LogP contribution in [0.25, 0.3) is 0 Å². The quantitative estimate of drug-likeness (QED) is 0.481. The summed E-state index contributed by atoms with van der Waals surface area (Å²) in [7, 11) is 0. The van der Waals surface area contributed by atoms with Crippen LogP contribution in [-0.4, -0.2) is 0 Å². The first kappa shape index (κ1) is 14.9. The van der Waals surface area contributed by atoms with Gasteiger partial charge >= 0.3 is 16.8 Å². The summed E-state index contributed by atoms with van der Waals surface area (Å²) in [5, 5.41) is 0. The van der Waals surface area contributed by atoms with Gasteiger partial charge in [0.2, 0.25) is 0 Å². The van der Waals surface area contributed by atoms with Gasteiger partial charge in [-0.2, -0.15) is 0 Å². The van der Waals surface area contributed by atoms with Gasteiger partial charge < -0.3 is 4.70 Å². The molecule has 0 atom stereocenters. The fourth-order valence-corrected chi connectivity index (χ4v) is 0.642. The third-order valence-corrected chi connectivity index (χ3v) is 1.11. The normalized spacial score (nSPS) is 20.0. The molecule has 2 aliphatic rings. The molecule has 64 valence electrons. The molecule has 10 radical (unpaired) electrons. The molecule has 2 saturated carbocycles. The molecule has 0 spiro atoms. The van der Waals surface area contributed by atoms with Crippen LogP contribution in [0.4, 0.5) is 0 Å². The average Bonchev–Trinajstić information content (AvgIpc) is 2.67. The van der Waals surface area contributed by atoms with E-state index >= 15 is 0 Å². The first-order chi connectivity index (χ1) is 5.00. The van der Waals surface area contributed by atoms with Gasteiger partial charge in [-0.15, -0.1) is 0 Å². The Morgan fingerprint density at radius 1 is 0.333 bits per heavy atom. The van der Waals surface area contributed by atoms with E-state index < -0.39 is 0 Å². The van der Waals surface area contributed by atoms with Crippen LogP contribution in [0.15, 0.2) is 0 Å². The maximum atomic E-state index is 2.00. The van der Waals surface area contributed by atoms with E-state index in [9.17, 15) is 0 Å². The Labute approximate surface area is 86.1 Å². The van der Waals surface area contributed by atoms with Crippen LogP contribution in [0.2, 0.25) is 0 Å². The third kappa shape index (κ3) is 8.53. The van der Waals surface area contributed by atoms with Gasteiger partial charge in [-0.05, 0) is 64.2 Å². The van der Waals surface area contributed by atoms with Crippen molar-refractivity contribution in [2.45, 2.75) is 0 Å². The standard InChI is InChI=1S/2C5H5.Co.FH/c2*1-2-4-5-3-1;;/h2*1-5H;;1H/q;;+3;/p-1. The van der Waals surface area contributed by atoms with Crippen LogP contribution < -0.4 is 4.70 Å². The fraction of sp³-hybridized carbons (Fsp3) is 0. The van der Waals surface area contributed by atoms with Crippen LogP contribution >= 0.6 is 0 Å². The summed E-state index contributed by atoms with van der Waals surface area (Å²) in [4.78, 5) is 0. The number of halogens is 1. The van der Waals surface area contributed by atoms with Gasteiger partial charge in [0.15, 0.2) is 0 Å². The summed E-state index contributed by atoms with van der Waals surface area (Å²) in [5.74, 6) is 0. The Hall–Kier alpha value is 0.436. The summed E-state index contributed by atoms with van der Waals surface area (Å²) >= 11 is 0. The van der Waals surface area contributed by atoms with Gasteiger partial charge in [0.25, 0.3) is 0 Å². The minimum absolute atomic E-state index is 0. The first-order valence-corrected chi connectivity index (χ1v) is 3.33. The van der Waals surface area contributed by atoms with Crippen molar-refractivity contribution in [1.82, 2.24) is 0 Å². The van der Waals surface area contributed by atoms with E-state index in [1.165, 1.54) is 0 Å². The van der Waals surface area contributed by atoms with E-state index in [1.807, 2.05) is 64.2 Å². The molecular weight excluding hydrogens is 198 g/mol. The van der Waals surface area contributed by atoms with Crippen molar-refractivity contribution in [2.75, 3.05) is 0 Å². The third-order valence-electron chi connectivity index (χ3n) is 1.11. The van der Waals surface area contributed by atoms with Crippen molar-refractivity contribution in [3.8, 4) is 0 Å². The maximum absolute atomic E-state index is 2.00. The molecular formula is C10H10CoF+2. The Kier molecular flexibility index (Phi) is 14.2. The van der Waals surface area contributed by atoms with Gasteiger partial charge in [0.05, 0.1) is 0 Å². The molecule has 0 aromatic heterocycles. The van der Waals surface area contributed by atoms with Crippen LogP contribution in [0, 0.1) is 64.2 Å². The Morgan fingerprint density at radius 2 is 0.417 bits per heavy atom. The zero-order chi connectivity index (χ0) is 7.07. The van der Waals surface area contributed by atoms with Crippen LogP contribution in [0.5, 0.6) is 0 Å². The second-order valence-electron chi connectivity index (χ2n) is 1.92. The molecule has 0 amide bonds. The van der Waals surface area contributed by atoms with Gasteiger partial charge in [0.1, 0.15) is 0 Å². The van der Waals surface area contributed by atoms with Gasteiger partial charge in [-0.3, -0.25) is 0 Å². The summed E-state index contributed by atoms with van der Waals surface area (Å²) in [6, 6.07) is 0. The topological polar surface area (TPSA) is 0 Å². The molecule has 0 heterocycles. The van der Waals surface area contributed by atoms with Gasteiger partial charge in [-0.1, -0.05) is 0 Å². The molecule has 2 fully saturated rings. The molecule has 2 rings (SSSR count). The molecule has 2 heteroatoms. The smallest absolute Gasteiger partial charge is 1.00 e. The second-order valence-corrected chi connectivity index (χ2v) is 1.92. The molecule has 0 aromatic rings. The Morgan fingerprint density at radius 3 is 0.500 bits per heavy atom. The Balaban J connectivity index is 0. The van der Waals surface area contributed by atoms with Gasteiger partial charge in [-0.25, -0.2) is 0 Å². The largest absolute Gasteiger partial charge is 3.00 e. The van der Waals surface area contributed by atoms with Crippen LogP contribution in [0.1, 0.15) is 0 Å². The zero-order valence-corrected chi connectivity index (χ0v) is 7.53. The van der Waals surface area contributed by atoms with Gasteiger partial charge in [0, 0.05) is 0 Å². The van der Waals surface area contributed by atoms with Crippen molar-refractivity contribution in [3.63, 3.8) is 0 Å². The molecule has 0 nitrogen and oxygen atoms in total. The van der Waals surface area contributed by atoms with Crippen molar-refractivity contribution >= 4 is 0 Å². The van der Waals surface area contributed by atoms with Crippen molar-refractivity contribution in [2.24, 2.45) is 0 Å². The van der Waals surface area contributed by atoms with E-state index in [0.29, 0.717) is 0 Å². The average molecular weight is 208 g/mol. The molecule has 0 aliphatic heterocycles. The molecule has 12 heavy (non-hydrogen) atoms. The molecule has 0 saturated heterocycles. The maximum Gasteiger partial charge on any atom is 3.00 e. The summed E-state index contributed by atoms with van der Waals surface area (Å²) in [6.45, 7) is 0. The number of hydrogen-bond acceptors (Lipinski definition) is 0. The summed E-state index contributed by atoms with van der Waals surface area (Å²) < 4.78 is 0. The predicted octanol–water partition coefficient (Wildman–Crippen LogP) is -0.956. The first-order valence-electron chi connectivity index (χ1n) is 3.33. The monoisotopic (exact) mass is 208 g/mol. The minimum atomic E-state index is 0. The SMILES string of the molecule is [CH]1[CH][CH][CH][CH]1.[CH]1[CH][CH][CH][CH]1.[Co+3].[F-]. The summed E-state index contributed by atoms with van der Waals surface area (Å²) in [6.07, 6.45) is 20.0. The Bertz CT molecular complexity index is 43.0. The van der Waals surface area contributed by atoms with Crippen LogP contribution in [0.3, 0.4) is 0 Å². The molecule has 2 aliphatic carbocycles. The fourth-order valence-electron chi connectivity index (χ4n) is 0.642. The molecule has 0 N–H and O–H groups in total. The number of rotatable bonds is 0. The molecule has 0 unspecified atom stereocenters. The van der Waals surface area contributed by atoms with E-state index in [2.05, 4.69) is 0 Å². The van der Waals surface area contributed by atoms with Crippen molar-refractivity contribution < 1.29 is 21.5 Å². The molecule has 0 bridgehead atoms. The second kappa shape index (κ2) is 11.4. The van der Waals surface area contributed by atoms with Crippen LogP contribution in [-0.2, 0) is 16.8 Å². The zero-order valence-electron chi connectivity index (χ0n) is 6.48. The van der Waals surface area contributed by atoms with Crippen molar-refractivity contribution in [3.05, 3.63) is 64.2 Å². The van der Waals surface area contributed by atoms with E-state index in [4.69, 9.17) is 0 Å². The number of hydrogen-bond donors (Lipinski definition) is 0. The summed E-state index contributed by atoms with van der Waals surface area (Å²) in [5.41, 5.74) is 0. The van der Waals surface area contributed by atoms with E-state index in [-0.39, 0.29) is 21.5 Å². The van der Waals surface area contributed by atoms with E-state index in [1.54, 1.807) is 0 Å². The van der Waals surface area contributed by atoms with E-state index in [0.717, 1.165) is 0 Å². The predicted molar refractivity (Wildman–Crippen MR) is 43.0 cm³/mol. The molecule has 0 aromatic carbocycles. The minimum Gasteiger partial charge on any atom is -1.00 e.